The second-order valence-corrected chi connectivity index (χ2v) is 5.26. The van der Waals surface area contributed by atoms with Gasteiger partial charge in [-0.2, -0.15) is 0 Å². The topological polar surface area (TPSA) is 12.0 Å². The molecular weight excluding hydrogens is 230 g/mol. The smallest absolute Gasteiger partial charge is 0.00278 e. The van der Waals surface area contributed by atoms with Gasteiger partial charge in [-0.1, -0.05) is 56.3 Å². The second-order valence-electron chi connectivity index (χ2n) is 5.26. The molecule has 0 amide bonds. The fraction of sp³-hybridized carbons (Fsp3) is 0.333. The number of nitrogens with one attached hydrogen (secondary N) is 1. The average Bonchev–Trinajstić information content (AvgIpc) is 2.33. The van der Waals surface area contributed by atoms with Gasteiger partial charge in [0.15, 0.2) is 0 Å². The van der Waals surface area contributed by atoms with E-state index >= 15 is 0 Å². The molecule has 0 unspecified atom stereocenters. The number of benzene rings is 1. The molecule has 0 atom stereocenters. The summed E-state index contributed by atoms with van der Waals surface area (Å²) in [7, 11) is 1.93. The molecule has 1 rings (SSSR count). The van der Waals surface area contributed by atoms with Crippen molar-refractivity contribution in [3.05, 3.63) is 65.4 Å². The fourth-order valence-corrected chi connectivity index (χ4v) is 2.03. The van der Waals surface area contributed by atoms with Crippen LogP contribution in [-0.2, 0) is 0 Å². The van der Waals surface area contributed by atoms with Crippen molar-refractivity contribution in [2.75, 3.05) is 7.05 Å². The number of aryl methyl sites for hydroxylation is 2. The van der Waals surface area contributed by atoms with Gasteiger partial charge in [0.05, 0.1) is 0 Å². The van der Waals surface area contributed by atoms with Crippen LogP contribution in [-0.4, -0.2) is 7.05 Å². The predicted molar refractivity (Wildman–Crippen MR) is 86.1 cm³/mol. The van der Waals surface area contributed by atoms with Crippen LogP contribution < -0.4 is 5.32 Å². The van der Waals surface area contributed by atoms with Gasteiger partial charge >= 0.3 is 0 Å². The van der Waals surface area contributed by atoms with Crippen molar-refractivity contribution in [1.29, 1.82) is 0 Å². The third kappa shape index (κ3) is 4.44. The molecule has 0 fully saturated rings. The Bertz CT molecular complexity index is 504. The molecule has 0 saturated carbocycles. The fourth-order valence-electron chi connectivity index (χ4n) is 2.03. The quantitative estimate of drug-likeness (QED) is 0.756. The zero-order chi connectivity index (χ0) is 14.4. The van der Waals surface area contributed by atoms with Crippen LogP contribution in [0.4, 0.5) is 0 Å². The number of hydrogen-bond donors (Lipinski definition) is 1. The minimum Gasteiger partial charge on any atom is -0.394 e. The van der Waals surface area contributed by atoms with Gasteiger partial charge in [-0.3, -0.25) is 0 Å². The van der Waals surface area contributed by atoms with Gasteiger partial charge in [0.25, 0.3) is 0 Å². The zero-order valence-corrected chi connectivity index (χ0v) is 12.7. The largest absolute Gasteiger partial charge is 0.394 e. The first kappa shape index (κ1) is 15.3. The Morgan fingerprint density at radius 1 is 1.21 bits per heavy atom. The molecule has 19 heavy (non-hydrogen) atoms. The summed E-state index contributed by atoms with van der Waals surface area (Å²) < 4.78 is 0. The SMILES string of the molecule is C=C(/C=C\C(=C/NC)C(C)C)c1ccc(C)cc1C. The second kappa shape index (κ2) is 6.98. The van der Waals surface area contributed by atoms with Crippen molar-refractivity contribution in [3.63, 3.8) is 0 Å². The summed E-state index contributed by atoms with van der Waals surface area (Å²) in [5.41, 5.74) is 6.11. The maximum atomic E-state index is 4.17. The van der Waals surface area contributed by atoms with Gasteiger partial charge in [-0.15, -0.1) is 0 Å². The van der Waals surface area contributed by atoms with Gasteiger partial charge in [-0.05, 0) is 48.2 Å². The Kier molecular flexibility index (Phi) is 5.62. The molecule has 1 aromatic rings. The molecule has 0 aliphatic rings. The highest BCUT2D eigenvalue weighted by atomic mass is 14.8. The summed E-state index contributed by atoms with van der Waals surface area (Å²) >= 11 is 0. The molecule has 1 nitrogen and oxygen atoms in total. The maximum absolute atomic E-state index is 4.17. The Hall–Kier alpha value is -1.76. The van der Waals surface area contributed by atoms with E-state index in [1.807, 2.05) is 13.2 Å². The van der Waals surface area contributed by atoms with E-state index in [1.54, 1.807) is 0 Å². The Morgan fingerprint density at radius 3 is 2.42 bits per heavy atom. The molecule has 0 aromatic heterocycles. The van der Waals surface area contributed by atoms with Crippen molar-refractivity contribution < 1.29 is 0 Å². The lowest BCUT2D eigenvalue weighted by Crippen LogP contribution is -2.00. The first-order chi connectivity index (χ1) is 8.95. The summed E-state index contributed by atoms with van der Waals surface area (Å²) in [5, 5.41) is 3.09. The van der Waals surface area contributed by atoms with Gasteiger partial charge in [0.2, 0.25) is 0 Å². The number of allylic oxidation sites excluding steroid dienone is 4. The zero-order valence-electron chi connectivity index (χ0n) is 12.7. The van der Waals surface area contributed by atoms with Crippen molar-refractivity contribution in [2.24, 2.45) is 5.92 Å². The molecule has 0 aliphatic heterocycles. The maximum Gasteiger partial charge on any atom is 0.00278 e. The minimum absolute atomic E-state index is 0.496. The molecule has 0 bridgehead atoms. The third-order valence-electron chi connectivity index (χ3n) is 3.18. The molecule has 0 saturated heterocycles. The van der Waals surface area contributed by atoms with E-state index in [0.717, 1.165) is 5.57 Å². The number of rotatable bonds is 5. The molecule has 0 spiro atoms. The van der Waals surface area contributed by atoms with Crippen molar-refractivity contribution in [1.82, 2.24) is 5.32 Å². The van der Waals surface area contributed by atoms with Gasteiger partial charge < -0.3 is 5.32 Å². The first-order valence-corrected chi connectivity index (χ1v) is 6.77. The van der Waals surface area contributed by atoms with Gasteiger partial charge in [0.1, 0.15) is 0 Å². The van der Waals surface area contributed by atoms with Crippen LogP contribution in [0.3, 0.4) is 0 Å². The van der Waals surface area contributed by atoms with Gasteiger partial charge in [0, 0.05) is 7.05 Å². The third-order valence-corrected chi connectivity index (χ3v) is 3.18. The highest BCUT2D eigenvalue weighted by molar-refractivity contribution is 5.74. The van der Waals surface area contributed by atoms with Crippen LogP contribution in [0.1, 0.15) is 30.5 Å². The average molecular weight is 255 g/mol. The summed E-state index contributed by atoms with van der Waals surface area (Å²) in [6.07, 6.45) is 6.28. The molecule has 0 heterocycles. The summed E-state index contributed by atoms with van der Waals surface area (Å²) in [6.45, 7) is 12.8. The van der Waals surface area contributed by atoms with Crippen molar-refractivity contribution >= 4 is 5.57 Å². The monoisotopic (exact) mass is 255 g/mol. The van der Waals surface area contributed by atoms with E-state index in [0.29, 0.717) is 5.92 Å². The van der Waals surface area contributed by atoms with Gasteiger partial charge in [-0.25, -0.2) is 0 Å². The number of hydrogen-bond acceptors (Lipinski definition) is 1. The van der Waals surface area contributed by atoms with Crippen LogP contribution in [0.2, 0.25) is 0 Å². The van der Waals surface area contributed by atoms with E-state index < -0.39 is 0 Å². The Labute approximate surface area is 117 Å². The van der Waals surface area contributed by atoms with E-state index in [2.05, 4.69) is 69.9 Å². The van der Waals surface area contributed by atoms with Crippen LogP contribution in [0.25, 0.3) is 5.57 Å². The van der Waals surface area contributed by atoms with E-state index in [-0.39, 0.29) is 0 Å². The highest BCUT2D eigenvalue weighted by Crippen LogP contribution is 2.21. The molecule has 0 aliphatic carbocycles. The normalized spacial score (nSPS) is 12.2. The first-order valence-electron chi connectivity index (χ1n) is 6.77. The summed E-state index contributed by atoms with van der Waals surface area (Å²) in [4.78, 5) is 0. The van der Waals surface area contributed by atoms with Crippen LogP contribution in [0.15, 0.2) is 48.7 Å². The van der Waals surface area contributed by atoms with Crippen LogP contribution in [0.5, 0.6) is 0 Å². The molecule has 102 valence electrons. The lowest BCUT2D eigenvalue weighted by molar-refractivity contribution is 0.780. The van der Waals surface area contributed by atoms with E-state index in [9.17, 15) is 0 Å². The van der Waals surface area contributed by atoms with E-state index in [1.165, 1.54) is 22.3 Å². The Balaban J connectivity index is 2.93. The summed E-state index contributed by atoms with van der Waals surface area (Å²) in [5.74, 6) is 0.496. The lowest BCUT2D eigenvalue weighted by atomic mass is 9.97. The molecule has 1 heteroatoms. The lowest BCUT2D eigenvalue weighted by Gasteiger charge is -2.09. The van der Waals surface area contributed by atoms with E-state index in [4.69, 9.17) is 0 Å². The minimum atomic E-state index is 0.496. The Morgan fingerprint density at radius 2 is 1.89 bits per heavy atom. The summed E-state index contributed by atoms with van der Waals surface area (Å²) in [6, 6.07) is 6.48. The standard InChI is InChI=1S/C18H25N/c1-13(2)17(12-19-6)9-8-15(4)18-10-7-14(3)11-16(18)5/h7-13,19H,4H2,1-3,5-6H3/b9-8-,17-12+. The van der Waals surface area contributed by atoms with Crippen molar-refractivity contribution in [2.45, 2.75) is 27.7 Å². The highest BCUT2D eigenvalue weighted by Gasteiger charge is 2.02. The predicted octanol–water partition coefficient (Wildman–Crippen LogP) is 4.63. The van der Waals surface area contributed by atoms with Crippen molar-refractivity contribution in [3.8, 4) is 0 Å². The van der Waals surface area contributed by atoms with Crippen LogP contribution in [0, 0.1) is 19.8 Å². The molecule has 1 N–H and O–H groups in total. The molecule has 0 radical (unpaired) electrons. The molecular formula is C18H25N. The van der Waals surface area contributed by atoms with Crippen LogP contribution >= 0.6 is 0 Å². The molecule has 1 aromatic carbocycles.